The molecule has 1 amide bonds. The highest BCUT2D eigenvalue weighted by Gasteiger charge is 2.23. The Hall–Kier alpha value is -1.88. The second kappa shape index (κ2) is 8.83. The molecule has 1 N–H and O–H groups in total. The van der Waals surface area contributed by atoms with Crippen LogP contribution in [0.3, 0.4) is 0 Å². The maximum atomic E-state index is 12.5. The molecule has 1 unspecified atom stereocenters. The summed E-state index contributed by atoms with van der Waals surface area (Å²) in [4.78, 5) is 27.2. The number of likely N-dealkylation sites (N-methyl/N-ethyl adjacent to an activating group) is 1. The van der Waals surface area contributed by atoms with Gasteiger partial charge >= 0.3 is 5.97 Å². The molecule has 0 aromatic heterocycles. The van der Waals surface area contributed by atoms with E-state index in [0.29, 0.717) is 13.0 Å². The summed E-state index contributed by atoms with van der Waals surface area (Å²) in [5.74, 6) is -0.633. The number of aliphatic carboxylic acids is 1. The summed E-state index contributed by atoms with van der Waals surface area (Å²) in [5.41, 5.74) is 2.34. The smallest absolute Gasteiger partial charge is 0.317 e. The van der Waals surface area contributed by atoms with Gasteiger partial charge in [0, 0.05) is 19.1 Å². The Balaban J connectivity index is 1.87. The highest BCUT2D eigenvalue weighted by atomic mass is 16.4. The maximum Gasteiger partial charge on any atom is 0.317 e. The van der Waals surface area contributed by atoms with Crippen LogP contribution in [-0.2, 0) is 22.4 Å². The number of hydrogen-bond donors (Lipinski definition) is 1. The monoisotopic (exact) mass is 332 g/mol. The van der Waals surface area contributed by atoms with E-state index >= 15 is 0 Å². The van der Waals surface area contributed by atoms with E-state index in [1.54, 1.807) is 0 Å². The van der Waals surface area contributed by atoms with Crippen LogP contribution in [0.1, 0.15) is 37.3 Å². The Morgan fingerprint density at radius 3 is 2.46 bits per heavy atom. The van der Waals surface area contributed by atoms with Crippen molar-refractivity contribution in [2.45, 2.75) is 45.1 Å². The summed E-state index contributed by atoms with van der Waals surface area (Å²) >= 11 is 0. The fourth-order valence-corrected chi connectivity index (χ4v) is 3.29. The molecular formula is C19H28N2O3. The van der Waals surface area contributed by atoms with Gasteiger partial charge < -0.3 is 10.0 Å². The molecule has 132 valence electrons. The normalized spacial score (nSPS) is 18.5. The first-order chi connectivity index (χ1) is 11.5. The average Bonchev–Trinajstić information content (AvgIpc) is 2.81. The lowest BCUT2D eigenvalue weighted by Gasteiger charge is -2.25. The predicted molar refractivity (Wildman–Crippen MR) is 94.0 cm³/mol. The Morgan fingerprint density at radius 1 is 1.17 bits per heavy atom. The number of rotatable bonds is 6. The minimum atomic E-state index is -0.801. The Kier molecular flexibility index (Phi) is 6.79. The molecule has 1 saturated heterocycles. The summed E-state index contributed by atoms with van der Waals surface area (Å²) in [5, 5.41) is 8.92. The van der Waals surface area contributed by atoms with Crippen molar-refractivity contribution in [1.29, 1.82) is 0 Å². The van der Waals surface area contributed by atoms with Crippen molar-refractivity contribution in [2.75, 3.05) is 26.7 Å². The Bertz CT molecular complexity index is 556. The molecule has 1 atom stereocenters. The minimum Gasteiger partial charge on any atom is -0.480 e. The molecule has 1 aromatic carbocycles. The van der Waals surface area contributed by atoms with Gasteiger partial charge in [0.15, 0.2) is 0 Å². The van der Waals surface area contributed by atoms with Gasteiger partial charge in [-0.05, 0) is 43.9 Å². The summed E-state index contributed by atoms with van der Waals surface area (Å²) in [6.07, 6.45) is 4.16. The van der Waals surface area contributed by atoms with Crippen molar-refractivity contribution < 1.29 is 14.7 Å². The molecule has 1 aliphatic heterocycles. The number of benzene rings is 1. The van der Waals surface area contributed by atoms with Crippen LogP contribution in [0.4, 0.5) is 0 Å². The van der Waals surface area contributed by atoms with Gasteiger partial charge in [0.25, 0.3) is 0 Å². The van der Waals surface area contributed by atoms with E-state index in [1.807, 2.05) is 29.0 Å². The molecule has 1 aromatic rings. The van der Waals surface area contributed by atoms with E-state index in [2.05, 4.69) is 19.1 Å². The molecule has 1 aliphatic rings. The SMILES string of the molecule is CCc1ccc(CC(=O)N2CCCC(N(C)CC(=O)O)CC2)cc1. The van der Waals surface area contributed by atoms with E-state index < -0.39 is 5.97 Å². The number of amides is 1. The van der Waals surface area contributed by atoms with E-state index in [9.17, 15) is 9.59 Å². The van der Waals surface area contributed by atoms with E-state index in [1.165, 1.54) is 5.56 Å². The third kappa shape index (κ3) is 5.34. The van der Waals surface area contributed by atoms with Gasteiger partial charge in [-0.15, -0.1) is 0 Å². The Morgan fingerprint density at radius 2 is 1.83 bits per heavy atom. The van der Waals surface area contributed by atoms with Crippen LogP contribution in [0.15, 0.2) is 24.3 Å². The van der Waals surface area contributed by atoms with E-state index in [0.717, 1.165) is 37.8 Å². The molecule has 1 heterocycles. The molecule has 2 rings (SSSR count). The van der Waals surface area contributed by atoms with Gasteiger partial charge in [0.1, 0.15) is 0 Å². The number of aryl methyl sites for hydroxylation is 1. The van der Waals surface area contributed by atoms with Gasteiger partial charge in [0.05, 0.1) is 13.0 Å². The zero-order valence-corrected chi connectivity index (χ0v) is 14.7. The number of carboxylic acid groups (broad SMARTS) is 1. The van der Waals surface area contributed by atoms with Crippen LogP contribution in [0, 0.1) is 0 Å². The number of hydrogen-bond acceptors (Lipinski definition) is 3. The van der Waals surface area contributed by atoms with Crippen LogP contribution in [-0.4, -0.2) is 59.5 Å². The van der Waals surface area contributed by atoms with Crippen molar-refractivity contribution in [2.24, 2.45) is 0 Å². The van der Waals surface area contributed by atoms with Gasteiger partial charge in [-0.1, -0.05) is 31.2 Å². The van der Waals surface area contributed by atoms with Gasteiger partial charge in [-0.25, -0.2) is 0 Å². The standard InChI is InChI=1S/C19H28N2O3/c1-3-15-6-8-16(9-7-15)13-18(22)21-11-4-5-17(10-12-21)20(2)14-19(23)24/h6-9,17H,3-5,10-14H2,1-2H3,(H,23,24). The molecule has 0 aliphatic carbocycles. The highest BCUT2D eigenvalue weighted by molar-refractivity contribution is 5.78. The summed E-state index contributed by atoms with van der Waals surface area (Å²) in [6.45, 7) is 3.65. The van der Waals surface area contributed by atoms with Gasteiger partial charge in [0.2, 0.25) is 5.91 Å². The van der Waals surface area contributed by atoms with Crippen LogP contribution in [0.2, 0.25) is 0 Å². The van der Waals surface area contributed by atoms with Crippen molar-refractivity contribution >= 4 is 11.9 Å². The van der Waals surface area contributed by atoms with Crippen LogP contribution >= 0.6 is 0 Å². The molecular weight excluding hydrogens is 304 g/mol. The fraction of sp³-hybridized carbons (Fsp3) is 0.579. The largest absolute Gasteiger partial charge is 0.480 e. The minimum absolute atomic E-state index is 0.0579. The third-order valence-corrected chi connectivity index (χ3v) is 4.84. The number of nitrogens with zero attached hydrogens (tertiary/aromatic N) is 2. The molecule has 0 spiro atoms. The molecule has 1 fully saturated rings. The second-order valence-corrected chi connectivity index (χ2v) is 6.62. The maximum absolute atomic E-state index is 12.5. The lowest BCUT2D eigenvalue weighted by molar-refractivity contribution is -0.138. The van der Waals surface area contributed by atoms with E-state index in [4.69, 9.17) is 5.11 Å². The highest BCUT2D eigenvalue weighted by Crippen LogP contribution is 2.17. The molecule has 5 heteroatoms. The quantitative estimate of drug-likeness (QED) is 0.867. The van der Waals surface area contributed by atoms with Crippen molar-refractivity contribution in [3.8, 4) is 0 Å². The summed E-state index contributed by atoms with van der Waals surface area (Å²) < 4.78 is 0. The summed E-state index contributed by atoms with van der Waals surface area (Å²) in [6, 6.07) is 8.49. The van der Waals surface area contributed by atoms with Crippen molar-refractivity contribution in [1.82, 2.24) is 9.80 Å². The van der Waals surface area contributed by atoms with Crippen molar-refractivity contribution in [3.63, 3.8) is 0 Å². The fourth-order valence-electron chi connectivity index (χ4n) is 3.29. The van der Waals surface area contributed by atoms with Crippen molar-refractivity contribution in [3.05, 3.63) is 35.4 Å². The Labute approximate surface area is 144 Å². The first kappa shape index (κ1) is 18.5. The first-order valence-corrected chi connectivity index (χ1v) is 8.77. The molecule has 0 saturated carbocycles. The lowest BCUT2D eigenvalue weighted by atomic mass is 10.1. The first-order valence-electron chi connectivity index (χ1n) is 8.77. The predicted octanol–water partition coefficient (Wildman–Crippen LogP) is 2.19. The number of likely N-dealkylation sites (tertiary alicyclic amines) is 1. The third-order valence-electron chi connectivity index (χ3n) is 4.84. The topological polar surface area (TPSA) is 60.9 Å². The zero-order chi connectivity index (χ0) is 17.5. The molecule has 5 nitrogen and oxygen atoms in total. The van der Waals surface area contributed by atoms with E-state index in [-0.39, 0.29) is 18.5 Å². The summed E-state index contributed by atoms with van der Waals surface area (Å²) in [7, 11) is 1.85. The van der Waals surface area contributed by atoms with Gasteiger partial charge in [-0.2, -0.15) is 0 Å². The van der Waals surface area contributed by atoms with Crippen LogP contribution in [0.25, 0.3) is 0 Å². The van der Waals surface area contributed by atoms with Crippen LogP contribution in [0.5, 0.6) is 0 Å². The average molecular weight is 332 g/mol. The molecule has 24 heavy (non-hydrogen) atoms. The number of carbonyl (C=O) groups is 2. The number of carboxylic acids is 1. The second-order valence-electron chi connectivity index (χ2n) is 6.62. The van der Waals surface area contributed by atoms with Gasteiger partial charge in [-0.3, -0.25) is 14.5 Å². The number of carbonyl (C=O) groups excluding carboxylic acids is 1. The zero-order valence-electron chi connectivity index (χ0n) is 14.7. The molecule has 0 bridgehead atoms. The van der Waals surface area contributed by atoms with Crippen LogP contribution < -0.4 is 0 Å². The lowest BCUT2D eigenvalue weighted by Crippen LogP contribution is -2.37. The molecule has 0 radical (unpaired) electrons.